The molecule has 2 aromatic carbocycles. The van der Waals surface area contributed by atoms with Gasteiger partial charge in [0.25, 0.3) is 5.91 Å². The van der Waals surface area contributed by atoms with Crippen LogP contribution in [0.15, 0.2) is 42.5 Å². The molecule has 0 heterocycles. The standard InChI is InChI=1S/C17H14Cl3N3O3/c18-10-5-6-14(13(20)9-10)21-15(24)7-8-16(25)22-23-17(26)11-3-1-2-4-12(11)19/h1-6,9H,7-8H2,(H,21,24)(H,22,25)(H,23,26). The van der Waals surface area contributed by atoms with Crippen LogP contribution < -0.4 is 16.2 Å². The van der Waals surface area contributed by atoms with E-state index in [4.69, 9.17) is 34.8 Å². The van der Waals surface area contributed by atoms with Gasteiger partial charge in [-0.1, -0.05) is 46.9 Å². The van der Waals surface area contributed by atoms with Crippen molar-refractivity contribution < 1.29 is 14.4 Å². The highest BCUT2D eigenvalue weighted by Gasteiger charge is 2.12. The summed E-state index contributed by atoms with van der Waals surface area (Å²) in [6, 6.07) is 11.1. The summed E-state index contributed by atoms with van der Waals surface area (Å²) in [5.74, 6) is -1.48. The summed E-state index contributed by atoms with van der Waals surface area (Å²) in [6.45, 7) is 0. The highest BCUT2D eigenvalue weighted by molar-refractivity contribution is 6.36. The Morgan fingerprint density at radius 2 is 1.50 bits per heavy atom. The number of hydrogen-bond acceptors (Lipinski definition) is 3. The zero-order valence-corrected chi connectivity index (χ0v) is 15.6. The third kappa shape index (κ3) is 5.91. The second-order valence-electron chi connectivity index (χ2n) is 5.15. The van der Waals surface area contributed by atoms with Gasteiger partial charge in [-0.25, -0.2) is 0 Å². The van der Waals surface area contributed by atoms with Crippen molar-refractivity contribution in [2.75, 3.05) is 5.32 Å². The fourth-order valence-electron chi connectivity index (χ4n) is 1.93. The lowest BCUT2D eigenvalue weighted by molar-refractivity contribution is -0.124. The van der Waals surface area contributed by atoms with Gasteiger partial charge < -0.3 is 5.32 Å². The van der Waals surface area contributed by atoms with E-state index in [2.05, 4.69) is 16.2 Å². The van der Waals surface area contributed by atoms with Crippen molar-refractivity contribution >= 4 is 58.2 Å². The summed E-state index contributed by atoms with van der Waals surface area (Å²) in [5, 5.41) is 3.58. The van der Waals surface area contributed by atoms with E-state index in [1.807, 2.05) is 0 Å². The van der Waals surface area contributed by atoms with E-state index in [0.29, 0.717) is 15.7 Å². The van der Waals surface area contributed by atoms with E-state index in [-0.39, 0.29) is 23.4 Å². The SMILES string of the molecule is O=C(CCC(=O)Nc1ccc(Cl)cc1Cl)NNC(=O)c1ccccc1Cl. The van der Waals surface area contributed by atoms with Crippen molar-refractivity contribution in [2.24, 2.45) is 0 Å². The zero-order valence-electron chi connectivity index (χ0n) is 13.3. The molecule has 0 spiro atoms. The monoisotopic (exact) mass is 413 g/mol. The Bertz CT molecular complexity index is 843. The Labute approximate surface area is 164 Å². The molecule has 136 valence electrons. The first-order chi connectivity index (χ1) is 12.4. The number of carbonyl (C=O) groups is 3. The van der Waals surface area contributed by atoms with Gasteiger partial charge in [-0.2, -0.15) is 0 Å². The first-order valence-electron chi connectivity index (χ1n) is 7.45. The molecule has 6 nitrogen and oxygen atoms in total. The van der Waals surface area contributed by atoms with Crippen molar-refractivity contribution in [3.8, 4) is 0 Å². The number of halogens is 3. The number of hydrogen-bond donors (Lipinski definition) is 3. The summed E-state index contributed by atoms with van der Waals surface area (Å²) in [6.07, 6.45) is -0.216. The van der Waals surface area contributed by atoms with Crippen molar-refractivity contribution in [1.82, 2.24) is 10.9 Å². The molecule has 0 saturated carbocycles. The zero-order chi connectivity index (χ0) is 19.1. The van der Waals surface area contributed by atoms with Crippen LogP contribution in [0, 0.1) is 0 Å². The molecule has 0 radical (unpaired) electrons. The van der Waals surface area contributed by atoms with Gasteiger partial charge in [-0.3, -0.25) is 25.2 Å². The summed E-state index contributed by atoms with van der Waals surface area (Å²) in [4.78, 5) is 35.5. The Hall–Kier alpha value is -2.28. The summed E-state index contributed by atoms with van der Waals surface area (Å²) in [7, 11) is 0. The molecular formula is C17H14Cl3N3O3. The molecule has 0 fully saturated rings. The lowest BCUT2D eigenvalue weighted by Gasteiger charge is -2.09. The molecule has 2 rings (SSSR count). The van der Waals surface area contributed by atoms with Crippen LogP contribution in [0.25, 0.3) is 0 Å². The second kappa shape index (κ2) is 9.43. The number of nitrogens with one attached hydrogen (secondary N) is 3. The number of anilines is 1. The highest BCUT2D eigenvalue weighted by Crippen LogP contribution is 2.25. The lowest BCUT2D eigenvalue weighted by atomic mass is 10.2. The average molecular weight is 415 g/mol. The Morgan fingerprint density at radius 3 is 2.19 bits per heavy atom. The molecule has 0 saturated heterocycles. The minimum Gasteiger partial charge on any atom is -0.325 e. The molecule has 0 aliphatic carbocycles. The minimum atomic E-state index is -0.554. The smallest absolute Gasteiger partial charge is 0.271 e. The number of rotatable bonds is 5. The maximum atomic E-state index is 11.9. The predicted octanol–water partition coefficient (Wildman–Crippen LogP) is 3.83. The minimum absolute atomic E-state index is 0.0905. The molecular weight excluding hydrogens is 401 g/mol. The van der Waals surface area contributed by atoms with Crippen LogP contribution in [0.4, 0.5) is 5.69 Å². The number of amides is 3. The first-order valence-corrected chi connectivity index (χ1v) is 8.59. The maximum absolute atomic E-state index is 11.9. The van der Waals surface area contributed by atoms with Crippen LogP contribution in [0.3, 0.4) is 0 Å². The van der Waals surface area contributed by atoms with Crippen molar-refractivity contribution in [3.05, 3.63) is 63.1 Å². The van der Waals surface area contributed by atoms with Gasteiger partial charge in [0, 0.05) is 17.9 Å². The Kier molecular flexibility index (Phi) is 7.26. The third-order valence-electron chi connectivity index (χ3n) is 3.22. The Balaban J connectivity index is 1.77. The molecule has 0 unspecified atom stereocenters. The van der Waals surface area contributed by atoms with Crippen LogP contribution >= 0.6 is 34.8 Å². The normalized spacial score (nSPS) is 10.1. The third-order valence-corrected chi connectivity index (χ3v) is 4.10. The number of benzene rings is 2. The molecule has 0 aromatic heterocycles. The van der Waals surface area contributed by atoms with E-state index >= 15 is 0 Å². The second-order valence-corrected chi connectivity index (χ2v) is 6.41. The van der Waals surface area contributed by atoms with E-state index in [1.54, 1.807) is 30.3 Å². The van der Waals surface area contributed by atoms with Crippen LogP contribution in [0.1, 0.15) is 23.2 Å². The fourth-order valence-corrected chi connectivity index (χ4v) is 2.61. The summed E-state index contributed by atoms with van der Waals surface area (Å²) >= 11 is 17.6. The van der Waals surface area contributed by atoms with E-state index in [1.165, 1.54) is 12.1 Å². The lowest BCUT2D eigenvalue weighted by Crippen LogP contribution is -2.41. The van der Waals surface area contributed by atoms with E-state index in [0.717, 1.165) is 0 Å². The first kappa shape index (κ1) is 20.0. The number of carbonyl (C=O) groups excluding carboxylic acids is 3. The summed E-state index contributed by atoms with van der Waals surface area (Å²) in [5.41, 5.74) is 5.09. The van der Waals surface area contributed by atoms with Gasteiger partial charge in [0.1, 0.15) is 0 Å². The molecule has 3 N–H and O–H groups in total. The van der Waals surface area contributed by atoms with Gasteiger partial charge in [0.15, 0.2) is 0 Å². The fraction of sp³-hybridized carbons (Fsp3) is 0.118. The molecule has 26 heavy (non-hydrogen) atoms. The molecule has 2 aromatic rings. The molecule has 0 atom stereocenters. The molecule has 0 aliphatic heterocycles. The predicted molar refractivity (Wildman–Crippen MR) is 101 cm³/mol. The van der Waals surface area contributed by atoms with Crippen molar-refractivity contribution in [1.29, 1.82) is 0 Å². The van der Waals surface area contributed by atoms with Gasteiger partial charge in [0.2, 0.25) is 11.8 Å². The van der Waals surface area contributed by atoms with Gasteiger partial charge in [-0.15, -0.1) is 0 Å². The van der Waals surface area contributed by atoms with Gasteiger partial charge in [-0.05, 0) is 30.3 Å². The van der Waals surface area contributed by atoms with Crippen LogP contribution in [0.2, 0.25) is 15.1 Å². The molecule has 9 heteroatoms. The van der Waals surface area contributed by atoms with Crippen molar-refractivity contribution in [3.63, 3.8) is 0 Å². The average Bonchev–Trinajstić information content (AvgIpc) is 2.60. The van der Waals surface area contributed by atoms with Gasteiger partial charge in [0.05, 0.1) is 21.3 Å². The van der Waals surface area contributed by atoms with Crippen molar-refractivity contribution in [2.45, 2.75) is 12.8 Å². The summed E-state index contributed by atoms with van der Waals surface area (Å²) < 4.78 is 0. The van der Waals surface area contributed by atoms with E-state index in [9.17, 15) is 14.4 Å². The van der Waals surface area contributed by atoms with E-state index < -0.39 is 17.7 Å². The Morgan fingerprint density at radius 1 is 0.808 bits per heavy atom. The highest BCUT2D eigenvalue weighted by atomic mass is 35.5. The van der Waals surface area contributed by atoms with Gasteiger partial charge >= 0.3 is 0 Å². The topological polar surface area (TPSA) is 87.3 Å². The molecule has 3 amide bonds. The number of hydrazine groups is 1. The van der Waals surface area contributed by atoms with Crippen LogP contribution in [0.5, 0.6) is 0 Å². The molecule has 0 aliphatic rings. The maximum Gasteiger partial charge on any atom is 0.271 e. The largest absolute Gasteiger partial charge is 0.325 e. The quantitative estimate of drug-likeness (QED) is 0.650. The molecule has 0 bridgehead atoms. The van der Waals surface area contributed by atoms with Crippen LogP contribution in [-0.2, 0) is 9.59 Å². The van der Waals surface area contributed by atoms with Crippen LogP contribution in [-0.4, -0.2) is 17.7 Å².